The van der Waals surface area contributed by atoms with Gasteiger partial charge in [-0.3, -0.25) is 0 Å². The van der Waals surface area contributed by atoms with E-state index in [-0.39, 0.29) is 11.7 Å². The fourth-order valence-electron chi connectivity index (χ4n) is 2.28. The van der Waals surface area contributed by atoms with Gasteiger partial charge in [-0.25, -0.2) is 0 Å². The second kappa shape index (κ2) is 2.56. The van der Waals surface area contributed by atoms with E-state index in [1.54, 1.807) is 0 Å². The van der Waals surface area contributed by atoms with E-state index >= 15 is 0 Å². The summed E-state index contributed by atoms with van der Waals surface area (Å²) in [5.74, 6) is 1.29. The highest BCUT2D eigenvalue weighted by atomic mass is 16.5. The zero-order valence-corrected chi connectivity index (χ0v) is 7.75. The molecule has 2 aliphatic rings. The molecule has 2 fully saturated rings. The minimum absolute atomic E-state index is 0.0706. The molecule has 0 amide bonds. The normalized spacial score (nSPS) is 39.8. The Balaban J connectivity index is 2.07. The van der Waals surface area contributed by atoms with Crippen molar-refractivity contribution < 1.29 is 9.53 Å². The standard InChI is InChI=1S/C10H16O2/c1-10(2)5-8(7-3-4-7)9(6-11)12-10/h6-9H,3-5H2,1-2H3/t8-,9?/m0/s1. The van der Waals surface area contributed by atoms with Crippen LogP contribution < -0.4 is 0 Å². The number of carbonyl (C=O) groups is 1. The van der Waals surface area contributed by atoms with Crippen LogP contribution in [-0.4, -0.2) is 18.0 Å². The molecule has 2 rings (SSSR count). The highest BCUT2D eigenvalue weighted by Crippen LogP contribution is 2.47. The van der Waals surface area contributed by atoms with Gasteiger partial charge in [0.25, 0.3) is 0 Å². The van der Waals surface area contributed by atoms with E-state index in [0.29, 0.717) is 5.92 Å². The molecule has 1 heterocycles. The summed E-state index contributed by atoms with van der Waals surface area (Å²) in [7, 11) is 0. The van der Waals surface area contributed by atoms with Crippen molar-refractivity contribution in [2.75, 3.05) is 0 Å². The van der Waals surface area contributed by atoms with Crippen molar-refractivity contribution in [1.82, 2.24) is 0 Å². The number of hydrogen-bond donors (Lipinski definition) is 0. The van der Waals surface area contributed by atoms with Gasteiger partial charge in [0.05, 0.1) is 5.60 Å². The average Bonchev–Trinajstić information content (AvgIpc) is 2.76. The molecule has 1 saturated heterocycles. The summed E-state index contributed by atoms with van der Waals surface area (Å²) < 4.78 is 5.64. The van der Waals surface area contributed by atoms with E-state index in [9.17, 15) is 4.79 Å². The van der Waals surface area contributed by atoms with Crippen molar-refractivity contribution in [3.05, 3.63) is 0 Å². The Morgan fingerprint density at radius 1 is 1.42 bits per heavy atom. The third kappa shape index (κ3) is 1.40. The van der Waals surface area contributed by atoms with E-state index < -0.39 is 0 Å². The third-order valence-electron chi connectivity index (χ3n) is 2.97. The van der Waals surface area contributed by atoms with Crippen LogP contribution in [0.3, 0.4) is 0 Å². The molecule has 0 spiro atoms. The molecule has 2 nitrogen and oxygen atoms in total. The van der Waals surface area contributed by atoms with Gasteiger partial charge in [0, 0.05) is 0 Å². The molecule has 1 aliphatic heterocycles. The lowest BCUT2D eigenvalue weighted by atomic mass is 9.90. The summed E-state index contributed by atoms with van der Waals surface area (Å²) in [5, 5.41) is 0. The van der Waals surface area contributed by atoms with E-state index in [2.05, 4.69) is 13.8 Å². The lowest BCUT2D eigenvalue weighted by molar-refractivity contribution is -0.122. The van der Waals surface area contributed by atoms with Crippen LogP contribution in [0.15, 0.2) is 0 Å². The molecule has 12 heavy (non-hydrogen) atoms. The first-order chi connectivity index (χ1) is 5.62. The van der Waals surface area contributed by atoms with Crippen molar-refractivity contribution in [1.29, 1.82) is 0 Å². The van der Waals surface area contributed by atoms with Crippen molar-refractivity contribution in [2.45, 2.75) is 44.8 Å². The van der Waals surface area contributed by atoms with E-state index in [1.807, 2.05) is 0 Å². The maximum atomic E-state index is 10.7. The summed E-state index contributed by atoms with van der Waals surface area (Å²) in [6, 6.07) is 0. The Labute approximate surface area is 73.3 Å². The molecule has 68 valence electrons. The topological polar surface area (TPSA) is 26.3 Å². The van der Waals surface area contributed by atoms with E-state index in [0.717, 1.165) is 18.6 Å². The van der Waals surface area contributed by atoms with Crippen molar-refractivity contribution in [3.63, 3.8) is 0 Å². The maximum Gasteiger partial charge on any atom is 0.149 e. The highest BCUT2D eigenvalue weighted by molar-refractivity contribution is 5.57. The van der Waals surface area contributed by atoms with Gasteiger partial charge < -0.3 is 9.53 Å². The molecule has 0 N–H and O–H groups in total. The second-order valence-electron chi connectivity index (χ2n) is 4.68. The summed E-state index contributed by atoms with van der Waals surface area (Å²) in [6.45, 7) is 4.15. The monoisotopic (exact) mass is 168 g/mol. The lowest BCUT2D eigenvalue weighted by Crippen LogP contribution is -2.21. The fraction of sp³-hybridized carbons (Fsp3) is 0.900. The Hall–Kier alpha value is -0.370. The Morgan fingerprint density at radius 3 is 2.58 bits per heavy atom. The number of hydrogen-bond acceptors (Lipinski definition) is 2. The molecular formula is C10H16O2. The molecule has 2 atom stereocenters. The molecule has 1 aliphatic carbocycles. The van der Waals surface area contributed by atoms with Gasteiger partial charge >= 0.3 is 0 Å². The minimum atomic E-state index is -0.118. The molecule has 1 unspecified atom stereocenters. The minimum Gasteiger partial charge on any atom is -0.365 e. The Morgan fingerprint density at radius 2 is 2.08 bits per heavy atom. The first-order valence-corrected chi connectivity index (χ1v) is 4.75. The van der Waals surface area contributed by atoms with Crippen LogP contribution in [0.2, 0.25) is 0 Å². The van der Waals surface area contributed by atoms with Gasteiger partial charge in [-0.1, -0.05) is 0 Å². The van der Waals surface area contributed by atoms with Crippen LogP contribution in [0.5, 0.6) is 0 Å². The predicted molar refractivity (Wildman–Crippen MR) is 45.8 cm³/mol. The van der Waals surface area contributed by atoms with Gasteiger partial charge in [0.1, 0.15) is 12.4 Å². The molecule has 0 bridgehead atoms. The highest BCUT2D eigenvalue weighted by Gasteiger charge is 2.46. The van der Waals surface area contributed by atoms with Gasteiger partial charge in [-0.2, -0.15) is 0 Å². The molecule has 1 saturated carbocycles. The van der Waals surface area contributed by atoms with Gasteiger partial charge in [0.2, 0.25) is 0 Å². The fourth-order valence-corrected chi connectivity index (χ4v) is 2.28. The SMILES string of the molecule is CC1(C)C[C@@H](C2CC2)C(C=O)O1. The average molecular weight is 168 g/mol. The number of carbonyl (C=O) groups excluding carboxylic acids is 1. The maximum absolute atomic E-state index is 10.7. The largest absolute Gasteiger partial charge is 0.365 e. The van der Waals surface area contributed by atoms with Crippen LogP contribution in [0.4, 0.5) is 0 Å². The zero-order chi connectivity index (χ0) is 8.77. The summed E-state index contributed by atoms with van der Waals surface area (Å²) in [4.78, 5) is 10.7. The van der Waals surface area contributed by atoms with Crippen molar-refractivity contribution >= 4 is 6.29 Å². The quantitative estimate of drug-likeness (QED) is 0.587. The van der Waals surface area contributed by atoms with Crippen molar-refractivity contribution in [2.24, 2.45) is 11.8 Å². The third-order valence-corrected chi connectivity index (χ3v) is 2.97. The molecular weight excluding hydrogens is 152 g/mol. The lowest BCUT2D eigenvalue weighted by Gasteiger charge is -2.16. The smallest absolute Gasteiger partial charge is 0.149 e. The number of ether oxygens (including phenoxy) is 1. The molecule has 0 aromatic carbocycles. The summed E-state index contributed by atoms with van der Waals surface area (Å²) in [6.07, 6.45) is 4.52. The van der Waals surface area contributed by atoms with Crippen LogP contribution >= 0.6 is 0 Å². The van der Waals surface area contributed by atoms with E-state index in [1.165, 1.54) is 12.8 Å². The van der Waals surface area contributed by atoms with Crippen LogP contribution in [0.25, 0.3) is 0 Å². The molecule has 0 aromatic rings. The first-order valence-electron chi connectivity index (χ1n) is 4.75. The van der Waals surface area contributed by atoms with Gasteiger partial charge in [-0.15, -0.1) is 0 Å². The van der Waals surface area contributed by atoms with Crippen LogP contribution in [0, 0.1) is 11.8 Å². The van der Waals surface area contributed by atoms with Crippen LogP contribution in [0.1, 0.15) is 33.1 Å². The van der Waals surface area contributed by atoms with E-state index in [4.69, 9.17) is 4.74 Å². The molecule has 0 aromatic heterocycles. The number of aldehydes is 1. The Bertz CT molecular complexity index is 194. The zero-order valence-electron chi connectivity index (χ0n) is 7.75. The van der Waals surface area contributed by atoms with Gasteiger partial charge in [0.15, 0.2) is 0 Å². The van der Waals surface area contributed by atoms with Crippen molar-refractivity contribution in [3.8, 4) is 0 Å². The predicted octanol–water partition coefficient (Wildman–Crippen LogP) is 1.78. The summed E-state index contributed by atoms with van der Waals surface area (Å²) >= 11 is 0. The van der Waals surface area contributed by atoms with Gasteiger partial charge in [-0.05, 0) is 44.9 Å². The first kappa shape index (κ1) is 8.24. The number of rotatable bonds is 2. The Kier molecular flexibility index (Phi) is 1.76. The summed E-state index contributed by atoms with van der Waals surface area (Å²) in [5.41, 5.74) is -0.0706. The molecule has 0 radical (unpaired) electrons. The van der Waals surface area contributed by atoms with Crippen LogP contribution in [-0.2, 0) is 9.53 Å². The second-order valence-corrected chi connectivity index (χ2v) is 4.68. The molecule has 2 heteroatoms.